The van der Waals surface area contributed by atoms with E-state index in [9.17, 15) is 4.79 Å². The number of hydrogen-bond acceptors (Lipinski definition) is 5. The van der Waals surface area contributed by atoms with Crippen LogP contribution < -0.4 is 10.1 Å². The van der Waals surface area contributed by atoms with E-state index in [0.717, 1.165) is 16.9 Å². The maximum atomic E-state index is 12.7. The molecule has 1 amide bonds. The van der Waals surface area contributed by atoms with Crippen molar-refractivity contribution in [1.82, 2.24) is 15.0 Å². The molecular weight excluding hydrogens is 380 g/mol. The molecule has 0 saturated carbocycles. The van der Waals surface area contributed by atoms with Crippen molar-refractivity contribution in [3.8, 4) is 5.75 Å². The summed E-state index contributed by atoms with van der Waals surface area (Å²) >= 11 is 6.20. The zero-order valence-electron chi connectivity index (χ0n) is 15.5. The smallest absolute Gasteiger partial charge is 0.278 e. The lowest BCUT2D eigenvalue weighted by Crippen LogP contribution is -2.24. The molecule has 1 aromatic heterocycles. The van der Waals surface area contributed by atoms with Gasteiger partial charge in [-0.2, -0.15) is 0 Å². The summed E-state index contributed by atoms with van der Waals surface area (Å²) in [5.74, 6) is 0.424. The zero-order valence-corrected chi connectivity index (χ0v) is 16.2. The molecule has 3 aromatic rings. The highest BCUT2D eigenvalue weighted by atomic mass is 35.5. The number of halogens is 1. The highest BCUT2D eigenvalue weighted by Crippen LogP contribution is 2.29. The van der Waals surface area contributed by atoms with Crippen LogP contribution in [0.3, 0.4) is 0 Å². The molecule has 7 nitrogen and oxygen atoms in total. The van der Waals surface area contributed by atoms with E-state index in [-0.39, 0.29) is 24.3 Å². The van der Waals surface area contributed by atoms with Gasteiger partial charge < -0.3 is 14.8 Å². The Morgan fingerprint density at radius 3 is 2.79 bits per heavy atom. The Balaban J connectivity index is 1.50. The van der Waals surface area contributed by atoms with Gasteiger partial charge >= 0.3 is 0 Å². The lowest BCUT2D eigenvalue weighted by Gasteiger charge is -2.24. The van der Waals surface area contributed by atoms with Crippen LogP contribution in [-0.4, -0.2) is 28.0 Å². The average Bonchev–Trinajstić information content (AvgIpc) is 3.13. The fourth-order valence-electron chi connectivity index (χ4n) is 3.11. The van der Waals surface area contributed by atoms with E-state index in [1.54, 1.807) is 23.9 Å². The monoisotopic (exact) mass is 398 g/mol. The molecular formula is C20H19ClN4O3. The number of nitrogens with zero attached hydrogens (tertiary/aromatic N) is 3. The molecule has 2 heterocycles. The van der Waals surface area contributed by atoms with E-state index in [1.807, 2.05) is 37.3 Å². The van der Waals surface area contributed by atoms with E-state index in [2.05, 4.69) is 15.6 Å². The van der Waals surface area contributed by atoms with Gasteiger partial charge in [0.2, 0.25) is 0 Å². The maximum Gasteiger partial charge on any atom is 0.278 e. The van der Waals surface area contributed by atoms with Crippen LogP contribution in [0.25, 0.3) is 0 Å². The van der Waals surface area contributed by atoms with Crippen molar-refractivity contribution in [3.05, 3.63) is 70.0 Å². The van der Waals surface area contributed by atoms with Gasteiger partial charge in [0.25, 0.3) is 5.91 Å². The topological polar surface area (TPSA) is 78.3 Å². The Hall–Kier alpha value is -2.90. The van der Waals surface area contributed by atoms with Gasteiger partial charge in [0, 0.05) is 0 Å². The van der Waals surface area contributed by atoms with Gasteiger partial charge in [-0.1, -0.05) is 35.0 Å². The third-order valence-electron chi connectivity index (χ3n) is 4.67. The van der Waals surface area contributed by atoms with Gasteiger partial charge in [-0.05, 0) is 42.3 Å². The number of hydrogen-bond donors (Lipinski definition) is 1. The molecule has 2 aromatic carbocycles. The van der Waals surface area contributed by atoms with Crippen LogP contribution in [0.15, 0.2) is 42.5 Å². The van der Waals surface area contributed by atoms with Crippen LogP contribution in [0, 0.1) is 6.92 Å². The highest BCUT2D eigenvalue weighted by Gasteiger charge is 2.28. The molecule has 1 N–H and O–H groups in total. The molecule has 4 rings (SSSR count). The van der Waals surface area contributed by atoms with Crippen molar-refractivity contribution < 1.29 is 14.3 Å². The first kappa shape index (κ1) is 18.5. The molecule has 8 heteroatoms. The molecule has 0 bridgehead atoms. The minimum absolute atomic E-state index is 0.164. The molecule has 28 heavy (non-hydrogen) atoms. The second kappa shape index (κ2) is 7.61. The number of carbonyl (C=O) groups excluding carboxylic acids is 1. The van der Waals surface area contributed by atoms with Crippen LogP contribution in [0.1, 0.15) is 33.4 Å². The van der Waals surface area contributed by atoms with Crippen molar-refractivity contribution in [2.24, 2.45) is 0 Å². The lowest BCUT2D eigenvalue weighted by atomic mass is 10.1. The fraction of sp³-hybridized carbons (Fsp3) is 0.250. The number of aromatic nitrogens is 3. The molecule has 1 atom stereocenters. The minimum Gasteiger partial charge on any atom is -0.497 e. The van der Waals surface area contributed by atoms with E-state index >= 15 is 0 Å². The van der Waals surface area contributed by atoms with Gasteiger partial charge in [0.05, 0.1) is 36.7 Å². The van der Waals surface area contributed by atoms with Crippen molar-refractivity contribution in [2.75, 3.05) is 12.4 Å². The predicted molar refractivity (Wildman–Crippen MR) is 105 cm³/mol. The first-order chi connectivity index (χ1) is 13.5. The van der Waals surface area contributed by atoms with E-state index in [1.165, 1.54) is 0 Å². The molecule has 1 aliphatic heterocycles. The Kier molecular flexibility index (Phi) is 5.02. The van der Waals surface area contributed by atoms with E-state index < -0.39 is 0 Å². The van der Waals surface area contributed by atoms with Crippen LogP contribution >= 0.6 is 11.6 Å². The van der Waals surface area contributed by atoms with Gasteiger partial charge in [-0.25, -0.2) is 4.68 Å². The molecule has 144 valence electrons. The number of methoxy groups -OCH3 is 1. The number of fused-ring (bicyclic) bond motifs is 1. The van der Waals surface area contributed by atoms with E-state index in [4.69, 9.17) is 21.1 Å². The SMILES string of the molecule is COc1ccc([C@H]2Cn3nnc(C(=O)Nc4ccc(C)cc4Cl)c3CO2)cc1. The number of anilines is 1. The highest BCUT2D eigenvalue weighted by molar-refractivity contribution is 6.34. The van der Waals surface area contributed by atoms with Crippen LogP contribution in [0.4, 0.5) is 5.69 Å². The fourth-order valence-corrected chi connectivity index (χ4v) is 3.39. The molecule has 0 radical (unpaired) electrons. The number of amides is 1. The third-order valence-corrected chi connectivity index (χ3v) is 4.99. The second-order valence-electron chi connectivity index (χ2n) is 6.58. The predicted octanol–water partition coefficient (Wildman–Crippen LogP) is 3.77. The first-order valence-corrected chi connectivity index (χ1v) is 9.18. The van der Waals surface area contributed by atoms with E-state index in [0.29, 0.717) is 22.9 Å². The normalized spacial score (nSPS) is 15.8. The van der Waals surface area contributed by atoms with Gasteiger partial charge in [0.1, 0.15) is 11.9 Å². The summed E-state index contributed by atoms with van der Waals surface area (Å²) in [6.45, 7) is 2.66. The van der Waals surface area contributed by atoms with Crippen LogP contribution in [-0.2, 0) is 17.9 Å². The number of benzene rings is 2. The molecule has 0 saturated heterocycles. The Bertz CT molecular complexity index is 1020. The van der Waals surface area contributed by atoms with Crippen molar-refractivity contribution >= 4 is 23.2 Å². The summed E-state index contributed by atoms with van der Waals surface area (Å²) < 4.78 is 12.9. The van der Waals surface area contributed by atoms with Gasteiger partial charge in [-0.3, -0.25) is 4.79 Å². The van der Waals surface area contributed by atoms with Crippen molar-refractivity contribution in [3.63, 3.8) is 0 Å². The molecule has 0 unspecified atom stereocenters. The second-order valence-corrected chi connectivity index (χ2v) is 6.98. The minimum atomic E-state index is -0.362. The number of nitrogens with one attached hydrogen (secondary N) is 1. The van der Waals surface area contributed by atoms with Crippen molar-refractivity contribution in [1.29, 1.82) is 0 Å². The molecule has 0 aliphatic carbocycles. The summed E-state index contributed by atoms with van der Waals surface area (Å²) in [7, 11) is 1.63. The van der Waals surface area contributed by atoms with Gasteiger partial charge in [0.15, 0.2) is 5.69 Å². The summed E-state index contributed by atoms with van der Waals surface area (Å²) in [5.41, 5.74) is 3.45. The first-order valence-electron chi connectivity index (χ1n) is 8.80. The summed E-state index contributed by atoms with van der Waals surface area (Å²) in [5, 5.41) is 11.5. The summed E-state index contributed by atoms with van der Waals surface area (Å²) in [4.78, 5) is 12.7. The maximum absolute atomic E-state index is 12.7. The number of aryl methyl sites for hydroxylation is 1. The number of carbonyl (C=O) groups is 1. The molecule has 1 aliphatic rings. The quantitative estimate of drug-likeness (QED) is 0.723. The number of ether oxygens (including phenoxy) is 2. The Labute approximate surface area is 167 Å². The molecule has 0 fully saturated rings. The molecule has 0 spiro atoms. The zero-order chi connectivity index (χ0) is 19.7. The lowest BCUT2D eigenvalue weighted by molar-refractivity contribution is -0.00173. The van der Waals surface area contributed by atoms with Crippen molar-refractivity contribution in [2.45, 2.75) is 26.2 Å². The third kappa shape index (κ3) is 3.58. The largest absolute Gasteiger partial charge is 0.497 e. The Morgan fingerprint density at radius 2 is 2.07 bits per heavy atom. The van der Waals surface area contributed by atoms with Crippen LogP contribution in [0.5, 0.6) is 5.75 Å². The summed E-state index contributed by atoms with van der Waals surface area (Å²) in [6.07, 6.45) is -0.164. The summed E-state index contributed by atoms with van der Waals surface area (Å²) in [6, 6.07) is 13.1. The van der Waals surface area contributed by atoms with Gasteiger partial charge in [-0.15, -0.1) is 5.10 Å². The average molecular weight is 399 g/mol. The standard InChI is InChI=1S/C20H19ClN4O3/c1-12-3-8-16(15(21)9-12)22-20(26)19-17-11-28-18(10-25(17)24-23-19)13-4-6-14(27-2)7-5-13/h3-9,18H,10-11H2,1-2H3,(H,22,26)/t18-/m1/s1. The Morgan fingerprint density at radius 1 is 1.29 bits per heavy atom. The number of rotatable bonds is 4. The van der Waals surface area contributed by atoms with Crippen LogP contribution in [0.2, 0.25) is 5.02 Å².